The zero-order valence-corrected chi connectivity index (χ0v) is 15.6. The number of benzene rings is 1. The van der Waals surface area contributed by atoms with Gasteiger partial charge in [-0.25, -0.2) is 9.97 Å². The van der Waals surface area contributed by atoms with Crippen LogP contribution in [0, 0.1) is 13.8 Å². The fourth-order valence-electron chi connectivity index (χ4n) is 2.55. The molecule has 0 atom stereocenters. The number of aryl methyl sites for hydroxylation is 2. The third kappa shape index (κ3) is 4.02. The second kappa shape index (κ2) is 8.01. The lowest BCUT2D eigenvalue weighted by Crippen LogP contribution is -2.25. The highest BCUT2D eigenvalue weighted by molar-refractivity contribution is 7.11. The van der Waals surface area contributed by atoms with Gasteiger partial charge in [-0.15, -0.1) is 21.5 Å². The van der Waals surface area contributed by atoms with Crippen LogP contribution in [0.4, 0.5) is 0 Å². The van der Waals surface area contributed by atoms with E-state index in [0.717, 1.165) is 26.8 Å². The van der Waals surface area contributed by atoms with Crippen LogP contribution in [-0.4, -0.2) is 39.7 Å². The van der Waals surface area contributed by atoms with Crippen LogP contribution in [0.15, 0.2) is 30.6 Å². The van der Waals surface area contributed by atoms with Gasteiger partial charge in [0.25, 0.3) is 5.91 Å². The Labute approximate surface area is 155 Å². The molecule has 2 heterocycles. The Hall–Kier alpha value is -2.87. The van der Waals surface area contributed by atoms with Crippen molar-refractivity contribution >= 4 is 17.2 Å². The zero-order valence-electron chi connectivity index (χ0n) is 14.8. The van der Waals surface area contributed by atoms with Gasteiger partial charge in [0.05, 0.1) is 18.4 Å². The third-order valence-corrected chi connectivity index (χ3v) is 4.72. The SMILES string of the molecule is COc1ncnc(C)c1-c1ccc(C(=O)NCCc2nnc(C)s2)cc1. The Balaban J connectivity index is 1.66. The highest BCUT2D eigenvalue weighted by Gasteiger charge is 2.13. The average Bonchev–Trinajstić information content (AvgIpc) is 3.06. The van der Waals surface area contributed by atoms with Gasteiger partial charge in [0, 0.05) is 18.5 Å². The summed E-state index contributed by atoms with van der Waals surface area (Å²) in [7, 11) is 1.58. The van der Waals surface area contributed by atoms with Crippen molar-refractivity contribution in [2.75, 3.05) is 13.7 Å². The topological polar surface area (TPSA) is 89.9 Å². The van der Waals surface area contributed by atoms with Crippen molar-refractivity contribution in [3.8, 4) is 17.0 Å². The van der Waals surface area contributed by atoms with Gasteiger partial charge in [-0.3, -0.25) is 4.79 Å². The average molecular weight is 369 g/mol. The van der Waals surface area contributed by atoms with Gasteiger partial charge in [-0.05, 0) is 31.5 Å². The van der Waals surface area contributed by atoms with Crippen LogP contribution >= 0.6 is 11.3 Å². The number of nitrogens with zero attached hydrogens (tertiary/aromatic N) is 4. The van der Waals surface area contributed by atoms with E-state index in [4.69, 9.17) is 4.74 Å². The maximum absolute atomic E-state index is 12.3. The summed E-state index contributed by atoms with van der Waals surface area (Å²) < 4.78 is 5.31. The molecule has 0 bridgehead atoms. The molecule has 134 valence electrons. The van der Waals surface area contributed by atoms with Crippen molar-refractivity contribution in [3.05, 3.63) is 51.9 Å². The van der Waals surface area contributed by atoms with Gasteiger partial charge in [-0.2, -0.15) is 0 Å². The molecule has 26 heavy (non-hydrogen) atoms. The van der Waals surface area contributed by atoms with Crippen molar-refractivity contribution in [1.29, 1.82) is 0 Å². The van der Waals surface area contributed by atoms with Crippen molar-refractivity contribution in [3.63, 3.8) is 0 Å². The van der Waals surface area contributed by atoms with Gasteiger partial charge in [0.15, 0.2) is 0 Å². The molecular weight excluding hydrogens is 350 g/mol. The molecule has 3 aromatic rings. The predicted molar refractivity (Wildman–Crippen MR) is 99.4 cm³/mol. The lowest BCUT2D eigenvalue weighted by atomic mass is 10.0. The number of amides is 1. The van der Waals surface area contributed by atoms with E-state index in [-0.39, 0.29) is 5.91 Å². The largest absolute Gasteiger partial charge is 0.480 e. The number of hydrogen-bond acceptors (Lipinski definition) is 7. The highest BCUT2D eigenvalue weighted by atomic mass is 32.1. The van der Waals surface area contributed by atoms with E-state index in [1.54, 1.807) is 30.6 Å². The van der Waals surface area contributed by atoms with E-state index in [2.05, 4.69) is 25.5 Å². The number of rotatable bonds is 6. The normalized spacial score (nSPS) is 10.6. The molecule has 0 unspecified atom stereocenters. The fourth-order valence-corrected chi connectivity index (χ4v) is 3.26. The number of hydrogen-bond donors (Lipinski definition) is 1. The molecule has 0 aliphatic heterocycles. The first-order chi connectivity index (χ1) is 12.6. The molecule has 0 spiro atoms. The number of ether oxygens (including phenoxy) is 1. The van der Waals surface area contributed by atoms with Crippen molar-refractivity contribution in [2.24, 2.45) is 0 Å². The Morgan fingerprint density at radius 2 is 1.92 bits per heavy atom. The molecule has 0 fully saturated rings. The minimum atomic E-state index is -0.120. The molecule has 0 aliphatic carbocycles. The molecule has 8 heteroatoms. The van der Waals surface area contributed by atoms with Crippen LogP contribution in [0.5, 0.6) is 5.88 Å². The summed E-state index contributed by atoms with van der Waals surface area (Å²) >= 11 is 1.54. The third-order valence-electron chi connectivity index (χ3n) is 3.82. The van der Waals surface area contributed by atoms with Crippen LogP contribution in [0.3, 0.4) is 0 Å². The number of nitrogens with one attached hydrogen (secondary N) is 1. The molecule has 1 aromatic carbocycles. The maximum Gasteiger partial charge on any atom is 0.251 e. The predicted octanol–water partition coefficient (Wildman–Crippen LogP) is 2.59. The Morgan fingerprint density at radius 3 is 2.58 bits per heavy atom. The van der Waals surface area contributed by atoms with Crippen molar-refractivity contribution < 1.29 is 9.53 Å². The van der Waals surface area contributed by atoms with E-state index in [1.807, 2.05) is 26.0 Å². The number of carbonyl (C=O) groups is 1. The summed E-state index contributed by atoms with van der Waals surface area (Å²) in [6.45, 7) is 4.33. The first kappa shape index (κ1) is 17.9. The summed E-state index contributed by atoms with van der Waals surface area (Å²) in [4.78, 5) is 20.6. The first-order valence-corrected chi connectivity index (χ1v) is 8.93. The van der Waals surface area contributed by atoms with Gasteiger partial charge in [0.2, 0.25) is 5.88 Å². The molecule has 0 saturated carbocycles. The minimum Gasteiger partial charge on any atom is -0.480 e. The van der Waals surface area contributed by atoms with E-state index in [1.165, 1.54) is 6.33 Å². The molecule has 0 radical (unpaired) electrons. The van der Waals surface area contributed by atoms with E-state index in [9.17, 15) is 4.79 Å². The quantitative estimate of drug-likeness (QED) is 0.718. The van der Waals surface area contributed by atoms with Gasteiger partial charge in [-0.1, -0.05) is 12.1 Å². The Morgan fingerprint density at radius 1 is 1.15 bits per heavy atom. The standard InChI is InChI=1S/C18H19N5O2S/c1-11-16(18(25-3)21-10-20-11)13-4-6-14(7-5-13)17(24)19-9-8-15-23-22-12(2)26-15/h4-7,10H,8-9H2,1-3H3,(H,19,24). The molecule has 7 nitrogen and oxygen atoms in total. The van der Waals surface area contributed by atoms with Crippen LogP contribution in [0.2, 0.25) is 0 Å². The second-order valence-corrected chi connectivity index (χ2v) is 6.91. The summed E-state index contributed by atoms with van der Waals surface area (Å²) in [6, 6.07) is 7.31. The van der Waals surface area contributed by atoms with Crippen LogP contribution in [0.25, 0.3) is 11.1 Å². The number of aromatic nitrogens is 4. The fraction of sp³-hybridized carbons (Fsp3) is 0.278. The summed E-state index contributed by atoms with van der Waals surface area (Å²) in [5.74, 6) is 0.396. The van der Waals surface area contributed by atoms with E-state index >= 15 is 0 Å². The first-order valence-electron chi connectivity index (χ1n) is 8.11. The lowest BCUT2D eigenvalue weighted by molar-refractivity contribution is 0.0954. The molecule has 1 N–H and O–H groups in total. The van der Waals surface area contributed by atoms with E-state index < -0.39 is 0 Å². The summed E-state index contributed by atoms with van der Waals surface area (Å²) in [6.07, 6.45) is 2.14. The van der Waals surface area contributed by atoms with Crippen LogP contribution in [-0.2, 0) is 6.42 Å². The van der Waals surface area contributed by atoms with Gasteiger partial charge >= 0.3 is 0 Å². The monoisotopic (exact) mass is 369 g/mol. The molecule has 0 aliphatic rings. The van der Waals surface area contributed by atoms with Crippen LogP contribution in [0.1, 0.15) is 26.1 Å². The summed E-state index contributed by atoms with van der Waals surface area (Å²) in [5.41, 5.74) is 3.14. The Kier molecular flexibility index (Phi) is 5.52. The summed E-state index contributed by atoms with van der Waals surface area (Å²) in [5, 5.41) is 12.8. The number of carbonyl (C=O) groups excluding carboxylic acids is 1. The Bertz CT molecular complexity index is 908. The zero-order chi connectivity index (χ0) is 18.5. The molecule has 2 aromatic heterocycles. The lowest BCUT2D eigenvalue weighted by Gasteiger charge is -2.10. The molecule has 1 amide bonds. The van der Waals surface area contributed by atoms with Gasteiger partial charge < -0.3 is 10.1 Å². The van der Waals surface area contributed by atoms with Crippen LogP contribution < -0.4 is 10.1 Å². The molecule has 3 rings (SSSR count). The maximum atomic E-state index is 12.3. The second-order valence-electron chi connectivity index (χ2n) is 5.64. The molecule has 0 saturated heterocycles. The smallest absolute Gasteiger partial charge is 0.251 e. The van der Waals surface area contributed by atoms with Crippen molar-refractivity contribution in [1.82, 2.24) is 25.5 Å². The minimum absolute atomic E-state index is 0.120. The highest BCUT2D eigenvalue weighted by Crippen LogP contribution is 2.30. The van der Waals surface area contributed by atoms with Gasteiger partial charge in [0.1, 0.15) is 16.3 Å². The van der Waals surface area contributed by atoms with E-state index in [0.29, 0.717) is 24.4 Å². The number of methoxy groups -OCH3 is 1. The van der Waals surface area contributed by atoms with Crippen molar-refractivity contribution in [2.45, 2.75) is 20.3 Å². The molecular formula is C18H19N5O2S.